The lowest BCUT2D eigenvalue weighted by atomic mass is 10.3. The molecule has 2 N–H and O–H groups in total. The van der Waals surface area contributed by atoms with E-state index in [1.54, 1.807) is 0 Å². The monoisotopic (exact) mass is 221 g/mol. The van der Waals surface area contributed by atoms with E-state index in [1.807, 2.05) is 0 Å². The molecule has 0 aromatic heterocycles. The van der Waals surface area contributed by atoms with Gasteiger partial charge in [0.25, 0.3) is 0 Å². The van der Waals surface area contributed by atoms with Crippen LogP contribution in [0.5, 0.6) is 0 Å². The molecule has 2 rings (SSSR count). The minimum absolute atomic E-state index is 0.187. The number of nitrogens with zero attached hydrogens (tertiary/aromatic N) is 2. The molecular formula is C7H6F3N3S. The van der Waals surface area contributed by atoms with Crippen molar-refractivity contribution >= 4 is 17.5 Å². The molecule has 2 heterocycles. The molecule has 0 saturated heterocycles. The molecule has 1 atom stereocenters. The predicted molar refractivity (Wildman–Crippen MR) is 48.1 cm³/mol. The molecule has 76 valence electrons. The Balaban J connectivity index is 2.25. The van der Waals surface area contributed by atoms with Gasteiger partial charge in [-0.1, -0.05) is 11.8 Å². The number of aliphatic imine (C=N–C) groups is 1. The Kier molecular flexibility index (Phi) is 2.07. The maximum absolute atomic E-state index is 12.2. The van der Waals surface area contributed by atoms with E-state index in [4.69, 9.17) is 5.73 Å². The molecule has 0 bridgehead atoms. The summed E-state index contributed by atoms with van der Waals surface area (Å²) >= 11 is 1.11. The average molecular weight is 221 g/mol. The maximum atomic E-state index is 12.2. The van der Waals surface area contributed by atoms with Gasteiger partial charge in [0.05, 0.1) is 10.6 Å². The number of fused-ring (bicyclic) bond motifs is 1. The Labute approximate surface area is 82.2 Å². The number of hydrogen-bond acceptors (Lipinski definition) is 4. The molecule has 3 nitrogen and oxygen atoms in total. The molecule has 2 aliphatic heterocycles. The summed E-state index contributed by atoms with van der Waals surface area (Å²) in [5.74, 6) is 0. The minimum Gasteiger partial charge on any atom is -0.301 e. The summed E-state index contributed by atoms with van der Waals surface area (Å²) in [5, 5.41) is 0. The molecule has 7 heteroatoms. The molecule has 0 aromatic rings. The van der Waals surface area contributed by atoms with Crippen LogP contribution in [-0.2, 0) is 0 Å². The van der Waals surface area contributed by atoms with Crippen molar-refractivity contribution in [2.45, 2.75) is 11.8 Å². The summed E-state index contributed by atoms with van der Waals surface area (Å²) in [4.78, 5) is 4.58. The first-order chi connectivity index (χ1) is 6.47. The summed E-state index contributed by atoms with van der Waals surface area (Å²) in [7, 11) is 0. The van der Waals surface area contributed by atoms with Crippen LogP contribution >= 0.6 is 11.8 Å². The number of alkyl halides is 3. The number of hydrogen-bond donors (Lipinski definition) is 1. The second kappa shape index (κ2) is 3.03. The largest absolute Gasteiger partial charge is 0.488 e. The molecular weight excluding hydrogens is 215 g/mol. The molecule has 0 saturated carbocycles. The summed E-state index contributed by atoms with van der Waals surface area (Å²) in [6.45, 7) is 0. The second-order valence-corrected chi connectivity index (χ2v) is 3.87. The summed E-state index contributed by atoms with van der Waals surface area (Å²) in [6, 6.07) is 0. The SMILES string of the molecule is NC1N=C2C=CN(C(F)(F)F)C=C2S1. The zero-order chi connectivity index (χ0) is 10.3. The van der Waals surface area contributed by atoms with Gasteiger partial charge in [-0.2, -0.15) is 0 Å². The number of halogens is 3. The molecule has 0 aliphatic carbocycles. The predicted octanol–water partition coefficient (Wildman–Crippen LogP) is 1.61. The van der Waals surface area contributed by atoms with Crippen LogP contribution in [0.15, 0.2) is 28.4 Å². The Morgan fingerprint density at radius 1 is 1.50 bits per heavy atom. The van der Waals surface area contributed by atoms with Gasteiger partial charge in [0.2, 0.25) is 0 Å². The number of rotatable bonds is 0. The van der Waals surface area contributed by atoms with E-state index in [1.165, 1.54) is 6.08 Å². The normalized spacial score (nSPS) is 26.0. The van der Waals surface area contributed by atoms with E-state index in [0.29, 0.717) is 10.6 Å². The quantitative estimate of drug-likeness (QED) is 0.632. The highest BCUT2D eigenvalue weighted by Gasteiger charge is 2.36. The highest BCUT2D eigenvalue weighted by atomic mass is 32.2. The topological polar surface area (TPSA) is 41.6 Å². The van der Waals surface area contributed by atoms with Crippen LogP contribution in [0.2, 0.25) is 0 Å². The molecule has 2 aliphatic rings. The van der Waals surface area contributed by atoms with Crippen LogP contribution in [0.3, 0.4) is 0 Å². The van der Waals surface area contributed by atoms with Crippen molar-refractivity contribution in [3.05, 3.63) is 23.4 Å². The van der Waals surface area contributed by atoms with Crippen LogP contribution in [-0.4, -0.2) is 22.4 Å². The van der Waals surface area contributed by atoms with E-state index in [-0.39, 0.29) is 4.90 Å². The Morgan fingerprint density at radius 2 is 2.21 bits per heavy atom. The van der Waals surface area contributed by atoms with Crippen LogP contribution in [0.1, 0.15) is 0 Å². The Bertz CT molecular complexity index is 345. The van der Waals surface area contributed by atoms with Crippen LogP contribution < -0.4 is 5.73 Å². The fraction of sp³-hybridized carbons (Fsp3) is 0.286. The third-order valence-corrected chi connectivity index (χ3v) is 2.62. The summed E-state index contributed by atoms with van der Waals surface area (Å²) in [6.07, 6.45) is -1.15. The molecule has 1 unspecified atom stereocenters. The molecule has 0 aromatic carbocycles. The first-order valence-electron chi connectivity index (χ1n) is 3.72. The summed E-state index contributed by atoms with van der Waals surface area (Å²) in [5.41, 5.74) is 5.47. The smallest absolute Gasteiger partial charge is 0.301 e. The molecule has 0 radical (unpaired) electrons. The third kappa shape index (κ3) is 1.64. The number of allylic oxidation sites excluding steroid dienone is 2. The van der Waals surface area contributed by atoms with E-state index in [9.17, 15) is 13.2 Å². The van der Waals surface area contributed by atoms with Gasteiger partial charge in [-0.3, -0.25) is 9.89 Å². The Hall–Kier alpha value is -0.950. The number of thioether (sulfide) groups is 1. The fourth-order valence-electron chi connectivity index (χ4n) is 1.12. The van der Waals surface area contributed by atoms with E-state index in [0.717, 1.165) is 24.2 Å². The number of nitrogens with two attached hydrogens (primary N) is 1. The highest BCUT2D eigenvalue weighted by Crippen LogP contribution is 2.34. The second-order valence-electron chi connectivity index (χ2n) is 2.71. The van der Waals surface area contributed by atoms with E-state index >= 15 is 0 Å². The van der Waals surface area contributed by atoms with Gasteiger partial charge in [-0.25, -0.2) is 0 Å². The lowest BCUT2D eigenvalue weighted by Crippen LogP contribution is -2.30. The van der Waals surface area contributed by atoms with Crippen molar-refractivity contribution in [1.82, 2.24) is 4.90 Å². The van der Waals surface area contributed by atoms with Gasteiger partial charge in [-0.05, 0) is 6.08 Å². The maximum Gasteiger partial charge on any atom is 0.488 e. The summed E-state index contributed by atoms with van der Waals surface area (Å²) < 4.78 is 36.7. The average Bonchev–Trinajstić information content (AvgIpc) is 2.41. The van der Waals surface area contributed by atoms with Crippen molar-refractivity contribution in [3.8, 4) is 0 Å². The van der Waals surface area contributed by atoms with Crippen molar-refractivity contribution in [1.29, 1.82) is 0 Å². The zero-order valence-corrected chi connectivity index (χ0v) is 7.64. The Morgan fingerprint density at radius 3 is 2.86 bits per heavy atom. The van der Waals surface area contributed by atoms with Crippen molar-refractivity contribution in [3.63, 3.8) is 0 Å². The minimum atomic E-state index is -4.39. The first-order valence-corrected chi connectivity index (χ1v) is 4.60. The van der Waals surface area contributed by atoms with E-state index < -0.39 is 11.8 Å². The van der Waals surface area contributed by atoms with Crippen LogP contribution in [0.4, 0.5) is 13.2 Å². The van der Waals surface area contributed by atoms with E-state index in [2.05, 4.69) is 4.99 Å². The van der Waals surface area contributed by atoms with Crippen LogP contribution in [0, 0.1) is 0 Å². The third-order valence-electron chi connectivity index (χ3n) is 1.71. The van der Waals surface area contributed by atoms with Gasteiger partial charge in [0.1, 0.15) is 5.50 Å². The molecule has 0 amide bonds. The van der Waals surface area contributed by atoms with Gasteiger partial charge < -0.3 is 5.73 Å². The van der Waals surface area contributed by atoms with Gasteiger partial charge >= 0.3 is 6.30 Å². The van der Waals surface area contributed by atoms with Crippen molar-refractivity contribution in [2.75, 3.05) is 0 Å². The molecule has 0 spiro atoms. The highest BCUT2D eigenvalue weighted by molar-refractivity contribution is 8.05. The zero-order valence-electron chi connectivity index (χ0n) is 6.82. The first kappa shape index (κ1) is 9.60. The van der Waals surface area contributed by atoms with Crippen molar-refractivity contribution in [2.24, 2.45) is 10.7 Å². The van der Waals surface area contributed by atoms with Crippen LogP contribution in [0.25, 0.3) is 0 Å². The fourth-order valence-corrected chi connectivity index (χ4v) is 1.96. The standard InChI is InChI=1S/C7H6F3N3S/c8-7(9,10)13-2-1-4-5(3-13)14-6(11)12-4/h1-3,6H,11H2. The van der Waals surface area contributed by atoms with Crippen molar-refractivity contribution < 1.29 is 13.2 Å². The molecule has 14 heavy (non-hydrogen) atoms. The van der Waals surface area contributed by atoms with Gasteiger partial charge in [0, 0.05) is 12.4 Å². The van der Waals surface area contributed by atoms with Gasteiger partial charge in [0.15, 0.2) is 0 Å². The van der Waals surface area contributed by atoms with Gasteiger partial charge in [-0.15, -0.1) is 13.2 Å². The lowest BCUT2D eigenvalue weighted by molar-refractivity contribution is -0.210. The lowest BCUT2D eigenvalue weighted by Gasteiger charge is -2.22. The molecule has 0 fully saturated rings.